The molecule has 0 amide bonds. The molecule has 0 radical (unpaired) electrons. The third-order valence-corrected chi connectivity index (χ3v) is 2.65. The fourth-order valence-electron chi connectivity index (χ4n) is 1.21. The number of ether oxygens (including phenoxy) is 2. The zero-order chi connectivity index (χ0) is 14.5. The van der Waals surface area contributed by atoms with E-state index >= 15 is 0 Å². The molecule has 0 saturated heterocycles. The molecule has 106 valence electrons. The molecule has 1 aromatic rings. The van der Waals surface area contributed by atoms with Crippen molar-refractivity contribution in [3.05, 3.63) is 16.3 Å². The van der Waals surface area contributed by atoms with Gasteiger partial charge in [0.2, 0.25) is 5.95 Å². The minimum atomic E-state index is -0.573. The van der Waals surface area contributed by atoms with E-state index in [2.05, 4.69) is 15.3 Å². The molecule has 0 aliphatic heterocycles. The molecule has 1 heterocycles. The Morgan fingerprint density at radius 2 is 2.21 bits per heavy atom. The van der Waals surface area contributed by atoms with Crippen molar-refractivity contribution in [2.24, 2.45) is 0 Å². The van der Waals surface area contributed by atoms with Crippen molar-refractivity contribution in [2.45, 2.75) is 25.9 Å². The van der Waals surface area contributed by atoms with Crippen LogP contribution in [0.1, 0.15) is 20.3 Å². The van der Waals surface area contributed by atoms with Crippen LogP contribution >= 0.6 is 0 Å². The van der Waals surface area contributed by atoms with E-state index in [0.29, 0.717) is 6.42 Å². The van der Waals surface area contributed by atoms with Gasteiger partial charge in [-0.3, -0.25) is 10.1 Å². The second-order valence-electron chi connectivity index (χ2n) is 4.45. The summed E-state index contributed by atoms with van der Waals surface area (Å²) in [5, 5.41) is 13.5. The van der Waals surface area contributed by atoms with Crippen molar-refractivity contribution in [3.8, 4) is 5.88 Å². The molecule has 1 rings (SSSR count). The largest absolute Gasteiger partial charge is 0.473 e. The van der Waals surface area contributed by atoms with Gasteiger partial charge in [-0.15, -0.1) is 0 Å². The predicted molar refractivity (Wildman–Crippen MR) is 69.4 cm³/mol. The number of nitro groups is 1. The Hall–Kier alpha value is -1.96. The number of nitrogens with zero attached hydrogens (tertiary/aromatic N) is 3. The number of anilines is 1. The average Bonchev–Trinajstić information content (AvgIpc) is 2.38. The first kappa shape index (κ1) is 15.1. The van der Waals surface area contributed by atoms with E-state index in [-0.39, 0.29) is 29.7 Å². The molecule has 0 bridgehead atoms. The van der Waals surface area contributed by atoms with Crippen molar-refractivity contribution in [2.75, 3.05) is 26.1 Å². The van der Waals surface area contributed by atoms with Gasteiger partial charge in [-0.25, -0.2) is 4.98 Å². The van der Waals surface area contributed by atoms with Crippen LogP contribution < -0.4 is 10.1 Å². The summed E-state index contributed by atoms with van der Waals surface area (Å²) in [4.78, 5) is 18.0. The summed E-state index contributed by atoms with van der Waals surface area (Å²) in [6.07, 6.45) is 1.70. The van der Waals surface area contributed by atoms with E-state index in [1.54, 1.807) is 14.2 Å². The second kappa shape index (κ2) is 6.28. The lowest BCUT2D eigenvalue weighted by molar-refractivity contribution is -0.386. The van der Waals surface area contributed by atoms with Gasteiger partial charge in [0.1, 0.15) is 6.20 Å². The minimum Gasteiger partial charge on any atom is -0.473 e. The SMILES string of the molecule is CNc1ncc([N+](=O)[O-])c(OCCC(C)(C)OC)n1. The van der Waals surface area contributed by atoms with E-state index in [9.17, 15) is 10.1 Å². The highest BCUT2D eigenvalue weighted by Crippen LogP contribution is 2.25. The quantitative estimate of drug-likeness (QED) is 0.593. The standard InChI is InChI=1S/C11H18N4O4/c1-11(2,18-4)5-6-19-9-8(15(16)17)7-13-10(12-3)14-9/h7H,5-6H2,1-4H3,(H,12,13,14). The molecule has 0 atom stereocenters. The summed E-state index contributed by atoms with van der Waals surface area (Å²) in [6, 6.07) is 0. The Morgan fingerprint density at radius 1 is 1.53 bits per heavy atom. The van der Waals surface area contributed by atoms with Gasteiger partial charge >= 0.3 is 5.69 Å². The fourth-order valence-corrected chi connectivity index (χ4v) is 1.21. The molecule has 19 heavy (non-hydrogen) atoms. The van der Waals surface area contributed by atoms with Crippen LogP contribution in [0, 0.1) is 10.1 Å². The summed E-state index contributed by atoms with van der Waals surface area (Å²) in [6.45, 7) is 4.08. The number of nitrogens with one attached hydrogen (secondary N) is 1. The van der Waals surface area contributed by atoms with Crippen molar-refractivity contribution < 1.29 is 14.4 Å². The Kier molecular flexibility index (Phi) is 4.99. The van der Waals surface area contributed by atoms with Crippen molar-refractivity contribution in [3.63, 3.8) is 0 Å². The van der Waals surface area contributed by atoms with E-state index in [1.165, 1.54) is 0 Å². The molecule has 0 aliphatic carbocycles. The van der Waals surface area contributed by atoms with E-state index < -0.39 is 4.92 Å². The van der Waals surface area contributed by atoms with Gasteiger partial charge in [-0.05, 0) is 13.8 Å². The summed E-state index contributed by atoms with van der Waals surface area (Å²) in [7, 11) is 3.23. The van der Waals surface area contributed by atoms with Gasteiger partial charge in [0.05, 0.1) is 17.1 Å². The van der Waals surface area contributed by atoms with E-state index in [4.69, 9.17) is 9.47 Å². The zero-order valence-corrected chi connectivity index (χ0v) is 11.5. The van der Waals surface area contributed by atoms with Gasteiger partial charge in [0.15, 0.2) is 0 Å². The van der Waals surface area contributed by atoms with Crippen LogP contribution in [-0.4, -0.2) is 41.3 Å². The molecule has 0 spiro atoms. The lowest BCUT2D eigenvalue weighted by Crippen LogP contribution is -2.25. The predicted octanol–water partition coefficient (Wildman–Crippen LogP) is 1.62. The second-order valence-corrected chi connectivity index (χ2v) is 4.45. The zero-order valence-electron chi connectivity index (χ0n) is 11.5. The number of hydrogen-bond donors (Lipinski definition) is 1. The highest BCUT2D eigenvalue weighted by atomic mass is 16.6. The number of hydrogen-bond acceptors (Lipinski definition) is 7. The first-order valence-electron chi connectivity index (χ1n) is 5.77. The summed E-state index contributed by atoms with van der Waals surface area (Å²) < 4.78 is 10.6. The van der Waals surface area contributed by atoms with Crippen LogP contribution in [-0.2, 0) is 4.74 Å². The summed E-state index contributed by atoms with van der Waals surface area (Å²) >= 11 is 0. The van der Waals surface area contributed by atoms with Gasteiger partial charge in [-0.2, -0.15) is 4.98 Å². The summed E-state index contributed by atoms with van der Waals surface area (Å²) in [5.41, 5.74) is -0.609. The third-order valence-electron chi connectivity index (χ3n) is 2.65. The van der Waals surface area contributed by atoms with Gasteiger partial charge < -0.3 is 14.8 Å². The maximum Gasteiger partial charge on any atom is 0.349 e. The van der Waals surface area contributed by atoms with Crippen molar-refractivity contribution in [1.29, 1.82) is 0 Å². The molecule has 0 unspecified atom stereocenters. The third kappa shape index (κ3) is 4.32. The van der Waals surface area contributed by atoms with E-state index in [1.807, 2.05) is 13.8 Å². The highest BCUT2D eigenvalue weighted by Gasteiger charge is 2.21. The molecule has 0 saturated carbocycles. The molecule has 0 aromatic carbocycles. The Bertz CT molecular complexity index is 450. The van der Waals surface area contributed by atoms with E-state index in [0.717, 1.165) is 6.20 Å². The maximum absolute atomic E-state index is 10.8. The first-order chi connectivity index (χ1) is 8.89. The van der Waals surface area contributed by atoms with Gasteiger partial charge in [0.25, 0.3) is 5.88 Å². The smallest absolute Gasteiger partial charge is 0.349 e. The molecular weight excluding hydrogens is 252 g/mol. The van der Waals surface area contributed by atoms with Gasteiger partial charge in [-0.1, -0.05) is 0 Å². The van der Waals surface area contributed by atoms with Crippen LogP contribution in [0.4, 0.5) is 11.6 Å². The molecular formula is C11H18N4O4. The first-order valence-corrected chi connectivity index (χ1v) is 5.77. The topological polar surface area (TPSA) is 99.4 Å². The van der Waals surface area contributed by atoms with Crippen LogP contribution in [0.25, 0.3) is 0 Å². The number of methoxy groups -OCH3 is 1. The molecule has 8 nitrogen and oxygen atoms in total. The van der Waals surface area contributed by atoms with Crippen LogP contribution in [0.2, 0.25) is 0 Å². The number of aromatic nitrogens is 2. The lowest BCUT2D eigenvalue weighted by atomic mass is 10.1. The number of rotatable bonds is 7. The fraction of sp³-hybridized carbons (Fsp3) is 0.636. The molecule has 0 aliphatic rings. The van der Waals surface area contributed by atoms with Crippen LogP contribution in [0.15, 0.2) is 6.20 Å². The minimum absolute atomic E-state index is 0.0451. The molecule has 1 aromatic heterocycles. The molecule has 1 N–H and O–H groups in total. The van der Waals surface area contributed by atoms with Crippen LogP contribution in [0.3, 0.4) is 0 Å². The molecule has 0 fully saturated rings. The van der Waals surface area contributed by atoms with Crippen molar-refractivity contribution >= 4 is 11.6 Å². The monoisotopic (exact) mass is 270 g/mol. The summed E-state index contributed by atoms with van der Waals surface area (Å²) in [5.74, 6) is 0.225. The average molecular weight is 270 g/mol. The Morgan fingerprint density at radius 3 is 2.74 bits per heavy atom. The van der Waals surface area contributed by atoms with Crippen molar-refractivity contribution in [1.82, 2.24) is 9.97 Å². The lowest BCUT2D eigenvalue weighted by Gasteiger charge is -2.22. The van der Waals surface area contributed by atoms with Gasteiger partial charge in [0, 0.05) is 20.6 Å². The maximum atomic E-state index is 10.8. The highest BCUT2D eigenvalue weighted by molar-refractivity contribution is 5.42. The Labute approximate surface area is 111 Å². The normalized spacial score (nSPS) is 11.2. The van der Waals surface area contributed by atoms with Crippen LogP contribution in [0.5, 0.6) is 5.88 Å². The molecule has 8 heteroatoms. The Balaban J connectivity index is 2.78.